The molecule has 2 nitrogen and oxygen atoms in total. The summed E-state index contributed by atoms with van der Waals surface area (Å²) in [6.07, 6.45) is 0. The van der Waals surface area contributed by atoms with Crippen molar-refractivity contribution in [3.63, 3.8) is 0 Å². The molecule has 0 heterocycles. The minimum absolute atomic E-state index is 0. The van der Waals surface area contributed by atoms with Gasteiger partial charge in [-0.1, -0.05) is 36.4 Å². The molecule has 0 amide bonds. The normalized spacial score (nSPS) is 9.31. The number of hydrogen-bond donors (Lipinski definition) is 2. The minimum Gasteiger partial charge on any atom is -0.324 e. The summed E-state index contributed by atoms with van der Waals surface area (Å²) in [6, 6.07) is 14.1. The van der Waals surface area contributed by atoms with Crippen LogP contribution in [-0.4, -0.2) is 0 Å². The fourth-order valence-corrected chi connectivity index (χ4v) is 1.35. The van der Waals surface area contributed by atoms with E-state index in [4.69, 9.17) is 5.84 Å². The second kappa shape index (κ2) is 4.12. The number of nitrogens with two attached hydrogens (primary N) is 1. The second-order valence-electron chi connectivity index (χ2n) is 2.67. The van der Waals surface area contributed by atoms with Crippen LogP contribution < -0.4 is 11.3 Å². The first-order valence-electron chi connectivity index (χ1n) is 3.86. The third-order valence-electron chi connectivity index (χ3n) is 1.95. The number of anilines is 1. The van der Waals surface area contributed by atoms with E-state index in [1.54, 1.807) is 0 Å². The summed E-state index contributed by atoms with van der Waals surface area (Å²) in [7, 11) is 0. The summed E-state index contributed by atoms with van der Waals surface area (Å²) in [6.45, 7) is 0. The molecule has 68 valence electrons. The molecule has 0 saturated heterocycles. The summed E-state index contributed by atoms with van der Waals surface area (Å²) in [5.74, 6) is 5.37. The number of nitrogens with one attached hydrogen (secondary N) is 1. The van der Waals surface area contributed by atoms with E-state index in [-0.39, 0.29) is 12.4 Å². The number of hydrazine groups is 1. The SMILES string of the molecule is Cl.NNc1cccc2ccccc12. The molecule has 0 aliphatic carbocycles. The highest BCUT2D eigenvalue weighted by Gasteiger charge is 1.95. The van der Waals surface area contributed by atoms with Crippen LogP contribution in [0.4, 0.5) is 5.69 Å². The van der Waals surface area contributed by atoms with Gasteiger partial charge in [0.1, 0.15) is 0 Å². The van der Waals surface area contributed by atoms with Crippen molar-refractivity contribution < 1.29 is 0 Å². The van der Waals surface area contributed by atoms with E-state index >= 15 is 0 Å². The van der Waals surface area contributed by atoms with Gasteiger partial charge in [0.25, 0.3) is 0 Å². The van der Waals surface area contributed by atoms with Crippen LogP contribution in [0.3, 0.4) is 0 Å². The number of hydrogen-bond acceptors (Lipinski definition) is 2. The number of rotatable bonds is 1. The Balaban J connectivity index is 0.000000845. The van der Waals surface area contributed by atoms with Crippen molar-refractivity contribution in [2.24, 2.45) is 5.84 Å². The van der Waals surface area contributed by atoms with Crippen molar-refractivity contribution in [3.8, 4) is 0 Å². The van der Waals surface area contributed by atoms with Gasteiger partial charge < -0.3 is 5.43 Å². The van der Waals surface area contributed by atoms with Crippen LogP contribution in [0.1, 0.15) is 0 Å². The summed E-state index contributed by atoms with van der Waals surface area (Å²) < 4.78 is 0. The lowest BCUT2D eigenvalue weighted by atomic mass is 10.1. The lowest BCUT2D eigenvalue weighted by Crippen LogP contribution is -2.06. The van der Waals surface area contributed by atoms with Crippen LogP contribution >= 0.6 is 12.4 Å². The van der Waals surface area contributed by atoms with Crippen molar-refractivity contribution in [1.29, 1.82) is 0 Å². The molecule has 2 aromatic rings. The smallest absolute Gasteiger partial charge is 0.0563 e. The molecular formula is C10H11ClN2. The fourth-order valence-electron chi connectivity index (χ4n) is 1.35. The van der Waals surface area contributed by atoms with Gasteiger partial charge in [-0.15, -0.1) is 12.4 Å². The van der Waals surface area contributed by atoms with Crippen molar-refractivity contribution in [2.75, 3.05) is 5.43 Å². The molecule has 3 heteroatoms. The number of benzene rings is 2. The van der Waals surface area contributed by atoms with Gasteiger partial charge in [-0.3, -0.25) is 5.84 Å². The summed E-state index contributed by atoms with van der Waals surface area (Å²) in [5.41, 5.74) is 3.64. The van der Waals surface area contributed by atoms with E-state index in [0.717, 1.165) is 11.1 Å². The minimum atomic E-state index is 0. The van der Waals surface area contributed by atoms with Gasteiger partial charge in [0.05, 0.1) is 5.69 Å². The van der Waals surface area contributed by atoms with Gasteiger partial charge in [0.15, 0.2) is 0 Å². The van der Waals surface area contributed by atoms with E-state index in [9.17, 15) is 0 Å². The first-order chi connectivity index (χ1) is 5.92. The Morgan fingerprint density at radius 1 is 0.923 bits per heavy atom. The third-order valence-corrected chi connectivity index (χ3v) is 1.95. The average molecular weight is 195 g/mol. The molecule has 2 aromatic carbocycles. The molecule has 0 fully saturated rings. The zero-order valence-electron chi connectivity index (χ0n) is 7.03. The first-order valence-corrected chi connectivity index (χ1v) is 3.86. The quantitative estimate of drug-likeness (QED) is 0.541. The maximum absolute atomic E-state index is 5.37. The molecule has 0 saturated carbocycles. The Bertz CT molecular complexity index is 396. The molecule has 0 atom stereocenters. The van der Waals surface area contributed by atoms with Gasteiger partial charge in [-0.25, -0.2) is 0 Å². The maximum Gasteiger partial charge on any atom is 0.0563 e. The molecule has 0 unspecified atom stereocenters. The fraction of sp³-hybridized carbons (Fsp3) is 0. The molecule has 0 aliphatic rings. The summed E-state index contributed by atoms with van der Waals surface area (Å²) in [5, 5.41) is 2.36. The molecule has 0 bridgehead atoms. The molecule has 0 aromatic heterocycles. The van der Waals surface area contributed by atoms with E-state index in [1.807, 2.05) is 30.3 Å². The van der Waals surface area contributed by atoms with E-state index in [2.05, 4.69) is 17.6 Å². The predicted molar refractivity (Wildman–Crippen MR) is 59.0 cm³/mol. The van der Waals surface area contributed by atoms with Gasteiger partial charge in [-0.05, 0) is 11.5 Å². The van der Waals surface area contributed by atoms with Crippen LogP contribution in [-0.2, 0) is 0 Å². The van der Waals surface area contributed by atoms with E-state index in [0.29, 0.717) is 0 Å². The lowest BCUT2D eigenvalue weighted by Gasteiger charge is -2.03. The Morgan fingerprint density at radius 3 is 2.38 bits per heavy atom. The average Bonchev–Trinajstić information content (AvgIpc) is 2.17. The number of halogens is 1. The van der Waals surface area contributed by atoms with Crippen molar-refractivity contribution >= 4 is 28.9 Å². The van der Waals surface area contributed by atoms with E-state index < -0.39 is 0 Å². The van der Waals surface area contributed by atoms with Crippen LogP contribution in [0.25, 0.3) is 10.8 Å². The van der Waals surface area contributed by atoms with Gasteiger partial charge in [0, 0.05) is 5.39 Å². The highest BCUT2D eigenvalue weighted by atomic mass is 35.5. The zero-order chi connectivity index (χ0) is 8.39. The van der Waals surface area contributed by atoms with Crippen molar-refractivity contribution in [3.05, 3.63) is 42.5 Å². The van der Waals surface area contributed by atoms with Crippen LogP contribution in [0.5, 0.6) is 0 Å². The Labute approximate surface area is 83.1 Å². The molecule has 2 rings (SSSR count). The van der Waals surface area contributed by atoms with Crippen LogP contribution in [0.2, 0.25) is 0 Å². The van der Waals surface area contributed by atoms with Crippen molar-refractivity contribution in [1.82, 2.24) is 0 Å². The molecule has 0 radical (unpaired) electrons. The van der Waals surface area contributed by atoms with Crippen LogP contribution in [0.15, 0.2) is 42.5 Å². The van der Waals surface area contributed by atoms with Crippen molar-refractivity contribution in [2.45, 2.75) is 0 Å². The number of nitrogen functional groups attached to an aromatic ring is 1. The lowest BCUT2D eigenvalue weighted by molar-refractivity contribution is 1.37. The van der Waals surface area contributed by atoms with E-state index in [1.165, 1.54) is 5.39 Å². The number of fused-ring (bicyclic) bond motifs is 1. The molecule has 0 aliphatic heterocycles. The molecular weight excluding hydrogens is 184 g/mol. The van der Waals surface area contributed by atoms with Gasteiger partial charge >= 0.3 is 0 Å². The molecule has 0 spiro atoms. The first kappa shape index (κ1) is 9.84. The monoisotopic (exact) mass is 194 g/mol. The highest BCUT2D eigenvalue weighted by Crippen LogP contribution is 2.21. The third kappa shape index (κ3) is 1.74. The van der Waals surface area contributed by atoms with Gasteiger partial charge in [0.2, 0.25) is 0 Å². The largest absolute Gasteiger partial charge is 0.324 e. The highest BCUT2D eigenvalue weighted by molar-refractivity contribution is 5.93. The Morgan fingerprint density at radius 2 is 1.62 bits per heavy atom. The Hall–Kier alpha value is -1.25. The topological polar surface area (TPSA) is 38.0 Å². The van der Waals surface area contributed by atoms with Crippen LogP contribution in [0, 0.1) is 0 Å². The molecule has 3 N–H and O–H groups in total. The zero-order valence-corrected chi connectivity index (χ0v) is 7.84. The Kier molecular flexibility index (Phi) is 3.12. The second-order valence-corrected chi connectivity index (χ2v) is 2.67. The van der Waals surface area contributed by atoms with Gasteiger partial charge in [-0.2, -0.15) is 0 Å². The molecule has 13 heavy (non-hydrogen) atoms. The predicted octanol–water partition coefficient (Wildman–Crippen LogP) is 2.55. The summed E-state index contributed by atoms with van der Waals surface area (Å²) in [4.78, 5) is 0. The standard InChI is InChI=1S/C10H10N2.ClH/c11-12-10-7-3-5-8-4-1-2-6-9(8)10;/h1-7,12H,11H2;1H. The summed E-state index contributed by atoms with van der Waals surface area (Å²) >= 11 is 0. The maximum atomic E-state index is 5.37.